The second-order valence-electron chi connectivity index (χ2n) is 7.18. The Hall–Kier alpha value is -3.34. The van der Waals surface area contributed by atoms with Crippen LogP contribution in [0.1, 0.15) is 26.2 Å². The Kier molecular flexibility index (Phi) is 5.47. The van der Waals surface area contributed by atoms with Crippen molar-refractivity contribution in [2.45, 2.75) is 32.3 Å². The van der Waals surface area contributed by atoms with Crippen molar-refractivity contribution in [3.8, 4) is 5.75 Å². The molecule has 1 N–H and O–H groups in total. The Balaban J connectivity index is 1.45. The first-order chi connectivity index (χ1) is 14.2. The number of benzene rings is 3. The van der Waals surface area contributed by atoms with Crippen LogP contribution in [0, 0.1) is 0 Å². The van der Waals surface area contributed by atoms with Crippen molar-refractivity contribution in [3.05, 3.63) is 66.7 Å². The summed E-state index contributed by atoms with van der Waals surface area (Å²) >= 11 is 0. The molecule has 1 aliphatic heterocycles. The third kappa shape index (κ3) is 4.09. The fourth-order valence-corrected chi connectivity index (χ4v) is 3.64. The minimum atomic E-state index is -0.597. The number of hydrogen-bond donors (Lipinski definition) is 1. The van der Waals surface area contributed by atoms with Crippen molar-refractivity contribution < 1.29 is 14.3 Å². The molecule has 3 aromatic rings. The number of nitrogens with one attached hydrogen (secondary N) is 1. The average molecular weight is 388 g/mol. The largest absolute Gasteiger partial charge is 0.480 e. The molecule has 1 saturated heterocycles. The lowest BCUT2D eigenvalue weighted by atomic mass is 10.1. The lowest BCUT2D eigenvalue weighted by Gasteiger charge is -2.19. The molecule has 0 saturated carbocycles. The molecule has 0 radical (unpaired) electrons. The van der Waals surface area contributed by atoms with Crippen molar-refractivity contribution >= 4 is 34.0 Å². The van der Waals surface area contributed by atoms with E-state index in [2.05, 4.69) is 5.32 Å². The van der Waals surface area contributed by atoms with Gasteiger partial charge in [-0.1, -0.05) is 43.3 Å². The van der Waals surface area contributed by atoms with Gasteiger partial charge in [0.25, 0.3) is 5.91 Å². The third-order valence-corrected chi connectivity index (χ3v) is 5.20. The molecular weight excluding hydrogens is 364 g/mol. The van der Waals surface area contributed by atoms with Crippen LogP contribution in [0.4, 0.5) is 11.4 Å². The molecule has 5 nitrogen and oxygen atoms in total. The van der Waals surface area contributed by atoms with E-state index in [1.807, 2.05) is 73.7 Å². The van der Waals surface area contributed by atoms with Gasteiger partial charge < -0.3 is 15.0 Å². The van der Waals surface area contributed by atoms with E-state index >= 15 is 0 Å². The van der Waals surface area contributed by atoms with Gasteiger partial charge in [0, 0.05) is 29.7 Å². The zero-order chi connectivity index (χ0) is 20.2. The van der Waals surface area contributed by atoms with E-state index in [4.69, 9.17) is 4.74 Å². The lowest BCUT2D eigenvalue weighted by molar-refractivity contribution is -0.122. The van der Waals surface area contributed by atoms with Crippen LogP contribution in [0.5, 0.6) is 5.75 Å². The molecule has 2 amide bonds. The first-order valence-corrected chi connectivity index (χ1v) is 10.0. The maximum absolute atomic E-state index is 12.8. The van der Waals surface area contributed by atoms with Gasteiger partial charge in [0.05, 0.1) is 0 Å². The summed E-state index contributed by atoms with van der Waals surface area (Å²) < 4.78 is 6.07. The molecule has 5 heteroatoms. The summed E-state index contributed by atoms with van der Waals surface area (Å²) in [5.74, 6) is 0.662. The Morgan fingerprint density at radius 3 is 2.55 bits per heavy atom. The van der Waals surface area contributed by atoms with E-state index in [1.54, 1.807) is 4.90 Å². The molecule has 0 spiro atoms. The van der Waals surface area contributed by atoms with E-state index in [0.717, 1.165) is 29.4 Å². The summed E-state index contributed by atoms with van der Waals surface area (Å²) in [6, 6.07) is 21.2. The summed E-state index contributed by atoms with van der Waals surface area (Å²) in [5, 5.41) is 4.99. The summed E-state index contributed by atoms with van der Waals surface area (Å²) in [4.78, 5) is 26.4. The SMILES string of the molecule is CCC(Oc1cccc2ccccc12)C(=O)Nc1ccc(N2CCCC2=O)cc1. The number of rotatable bonds is 6. The summed E-state index contributed by atoms with van der Waals surface area (Å²) in [6.07, 6.45) is 1.44. The fourth-order valence-electron chi connectivity index (χ4n) is 3.64. The standard InChI is InChI=1S/C24H24N2O3/c1-2-21(29-22-10-5-8-17-7-3-4-9-20(17)22)24(28)25-18-12-14-19(15-13-18)26-16-6-11-23(26)27/h3-5,7-10,12-15,21H,2,6,11,16H2,1H3,(H,25,28). The van der Waals surface area contributed by atoms with Gasteiger partial charge in [0.15, 0.2) is 6.10 Å². The number of nitrogens with zero attached hydrogens (tertiary/aromatic N) is 1. The van der Waals surface area contributed by atoms with Crippen LogP contribution < -0.4 is 15.0 Å². The van der Waals surface area contributed by atoms with E-state index in [0.29, 0.717) is 24.3 Å². The van der Waals surface area contributed by atoms with Gasteiger partial charge in [-0.3, -0.25) is 9.59 Å². The van der Waals surface area contributed by atoms with Crippen LogP contribution >= 0.6 is 0 Å². The second-order valence-corrected chi connectivity index (χ2v) is 7.18. The third-order valence-electron chi connectivity index (χ3n) is 5.20. The second kappa shape index (κ2) is 8.35. The first kappa shape index (κ1) is 19.0. The monoisotopic (exact) mass is 388 g/mol. The highest BCUT2D eigenvalue weighted by Crippen LogP contribution is 2.27. The Labute approximate surface area is 170 Å². The Bertz CT molecular complexity index is 1020. The predicted molar refractivity (Wildman–Crippen MR) is 115 cm³/mol. The highest BCUT2D eigenvalue weighted by molar-refractivity contribution is 5.97. The number of ether oxygens (including phenoxy) is 1. The quantitative estimate of drug-likeness (QED) is 0.662. The summed E-state index contributed by atoms with van der Waals surface area (Å²) in [5.41, 5.74) is 1.55. The molecule has 1 fully saturated rings. The number of carbonyl (C=O) groups is 2. The van der Waals surface area contributed by atoms with Crippen molar-refractivity contribution in [1.29, 1.82) is 0 Å². The van der Waals surface area contributed by atoms with E-state index in [9.17, 15) is 9.59 Å². The predicted octanol–water partition coefficient (Wildman–Crippen LogP) is 4.76. The normalized spacial score (nSPS) is 14.8. The molecule has 0 aromatic heterocycles. The van der Waals surface area contributed by atoms with Crippen LogP contribution in [0.25, 0.3) is 10.8 Å². The van der Waals surface area contributed by atoms with Gasteiger partial charge in [0.1, 0.15) is 5.75 Å². The highest BCUT2D eigenvalue weighted by atomic mass is 16.5. The minimum Gasteiger partial charge on any atom is -0.480 e. The molecular formula is C24H24N2O3. The minimum absolute atomic E-state index is 0.149. The molecule has 1 heterocycles. The molecule has 1 atom stereocenters. The van der Waals surface area contributed by atoms with Crippen LogP contribution in [0.2, 0.25) is 0 Å². The zero-order valence-electron chi connectivity index (χ0n) is 16.4. The molecule has 29 heavy (non-hydrogen) atoms. The van der Waals surface area contributed by atoms with Crippen LogP contribution in [0.15, 0.2) is 66.7 Å². The highest BCUT2D eigenvalue weighted by Gasteiger charge is 2.22. The number of carbonyl (C=O) groups excluding carboxylic acids is 2. The average Bonchev–Trinajstić information content (AvgIpc) is 3.18. The van der Waals surface area contributed by atoms with Gasteiger partial charge in [-0.25, -0.2) is 0 Å². The summed E-state index contributed by atoms with van der Waals surface area (Å²) in [7, 11) is 0. The fraction of sp³-hybridized carbons (Fsp3) is 0.250. The molecule has 1 unspecified atom stereocenters. The topological polar surface area (TPSA) is 58.6 Å². The van der Waals surface area contributed by atoms with Crippen LogP contribution in [0.3, 0.4) is 0 Å². The number of amides is 2. The van der Waals surface area contributed by atoms with E-state index in [-0.39, 0.29) is 11.8 Å². The zero-order valence-corrected chi connectivity index (χ0v) is 16.4. The van der Waals surface area contributed by atoms with Crippen molar-refractivity contribution in [2.75, 3.05) is 16.8 Å². The number of hydrogen-bond acceptors (Lipinski definition) is 3. The Morgan fingerprint density at radius 1 is 1.07 bits per heavy atom. The Morgan fingerprint density at radius 2 is 1.83 bits per heavy atom. The van der Waals surface area contributed by atoms with E-state index < -0.39 is 6.10 Å². The number of anilines is 2. The van der Waals surface area contributed by atoms with Gasteiger partial charge in [-0.2, -0.15) is 0 Å². The first-order valence-electron chi connectivity index (χ1n) is 10.0. The molecule has 3 aromatic carbocycles. The molecule has 4 rings (SSSR count). The maximum atomic E-state index is 12.8. The molecule has 148 valence electrons. The van der Waals surface area contributed by atoms with Crippen LogP contribution in [-0.4, -0.2) is 24.5 Å². The van der Waals surface area contributed by atoms with E-state index in [1.165, 1.54) is 0 Å². The smallest absolute Gasteiger partial charge is 0.265 e. The van der Waals surface area contributed by atoms with Gasteiger partial charge in [0.2, 0.25) is 5.91 Å². The van der Waals surface area contributed by atoms with Gasteiger partial charge >= 0.3 is 0 Å². The van der Waals surface area contributed by atoms with Gasteiger partial charge in [-0.05, 0) is 48.6 Å². The van der Waals surface area contributed by atoms with Crippen LogP contribution in [-0.2, 0) is 9.59 Å². The van der Waals surface area contributed by atoms with Crippen molar-refractivity contribution in [2.24, 2.45) is 0 Å². The van der Waals surface area contributed by atoms with Gasteiger partial charge in [-0.15, -0.1) is 0 Å². The summed E-state index contributed by atoms with van der Waals surface area (Å²) in [6.45, 7) is 2.68. The molecule has 0 aliphatic carbocycles. The van der Waals surface area contributed by atoms with Crippen molar-refractivity contribution in [3.63, 3.8) is 0 Å². The van der Waals surface area contributed by atoms with Crippen molar-refractivity contribution in [1.82, 2.24) is 0 Å². The number of fused-ring (bicyclic) bond motifs is 1. The lowest BCUT2D eigenvalue weighted by Crippen LogP contribution is -2.32. The molecule has 1 aliphatic rings. The molecule has 0 bridgehead atoms. The maximum Gasteiger partial charge on any atom is 0.265 e.